The van der Waals surface area contributed by atoms with Crippen molar-refractivity contribution in [3.8, 4) is 18.1 Å². The van der Waals surface area contributed by atoms with Crippen LogP contribution in [0.15, 0.2) is 24.3 Å². The molecule has 1 atom stereocenters. The second-order valence-electron chi connectivity index (χ2n) is 4.66. The van der Waals surface area contributed by atoms with Crippen LogP contribution in [0.1, 0.15) is 17.5 Å². The second-order valence-corrected chi connectivity index (χ2v) is 6.16. The molecule has 0 N–H and O–H groups in total. The van der Waals surface area contributed by atoms with Crippen LogP contribution in [0.3, 0.4) is 0 Å². The number of carbonyl (C=O) groups excluding carboxylic acids is 1. The summed E-state index contributed by atoms with van der Waals surface area (Å²) in [6.45, 7) is 2.27. The van der Waals surface area contributed by atoms with Crippen LogP contribution in [-0.4, -0.2) is 28.4 Å². The van der Waals surface area contributed by atoms with Gasteiger partial charge in [0.2, 0.25) is 5.91 Å². The highest BCUT2D eigenvalue weighted by Crippen LogP contribution is 2.30. The number of terminal acetylenes is 1. The van der Waals surface area contributed by atoms with Gasteiger partial charge >= 0.3 is 0 Å². The summed E-state index contributed by atoms with van der Waals surface area (Å²) in [6, 6.07) is 5.81. The zero-order chi connectivity index (χ0) is 14.7. The minimum absolute atomic E-state index is 0.0277. The summed E-state index contributed by atoms with van der Waals surface area (Å²) in [5.74, 6) is 3.34. The Morgan fingerprint density at radius 3 is 2.95 bits per heavy atom. The van der Waals surface area contributed by atoms with Gasteiger partial charge in [0, 0.05) is 18.3 Å². The zero-order valence-corrected chi connectivity index (χ0v) is 13.7. The predicted octanol–water partition coefficient (Wildman–Crippen LogP) is 3.01. The monoisotopic (exact) mass is 381 g/mol. The highest BCUT2D eigenvalue weighted by atomic mass is 127. The molecule has 2 rings (SSSR count). The average molecular weight is 381 g/mol. The molecular weight excluding hydrogens is 365 g/mol. The third-order valence-corrected chi connectivity index (χ3v) is 4.32. The molecule has 0 saturated carbocycles. The summed E-state index contributed by atoms with van der Waals surface area (Å²) in [7, 11) is 1.82. The van der Waals surface area contributed by atoms with Gasteiger partial charge < -0.3 is 9.64 Å². The van der Waals surface area contributed by atoms with Gasteiger partial charge in [0.1, 0.15) is 12.4 Å². The van der Waals surface area contributed by atoms with Crippen LogP contribution in [0.25, 0.3) is 5.70 Å². The number of carbonyl (C=O) groups is 1. The van der Waals surface area contributed by atoms with Crippen LogP contribution in [0, 0.1) is 19.3 Å². The van der Waals surface area contributed by atoms with Crippen LogP contribution in [0.2, 0.25) is 0 Å². The number of allylic oxidation sites excluding steroid dienone is 1. The molecule has 0 fully saturated rings. The van der Waals surface area contributed by atoms with Gasteiger partial charge in [0.05, 0.1) is 3.92 Å². The Balaban J connectivity index is 2.30. The topological polar surface area (TPSA) is 29.5 Å². The van der Waals surface area contributed by atoms with Crippen molar-refractivity contribution in [3.63, 3.8) is 0 Å². The molecule has 1 aliphatic rings. The molecular formula is C16H16INO2. The summed E-state index contributed by atoms with van der Waals surface area (Å²) in [5, 5.41) is 0. The van der Waals surface area contributed by atoms with Crippen molar-refractivity contribution in [2.75, 3.05) is 13.7 Å². The van der Waals surface area contributed by atoms with E-state index in [0.717, 1.165) is 29.0 Å². The lowest BCUT2D eigenvalue weighted by Gasteiger charge is -2.28. The van der Waals surface area contributed by atoms with Crippen molar-refractivity contribution < 1.29 is 9.53 Å². The summed E-state index contributed by atoms with van der Waals surface area (Å²) in [4.78, 5) is 13.8. The standard InChI is InChI=1S/C16H16INO2/c1-4-9-20-12-5-6-13(11(2)10-12)15-8-7-14(17)16(19)18(15)3/h1,5-6,8,10,14H,7,9H2,2-3H3. The second kappa shape index (κ2) is 6.31. The van der Waals surface area contributed by atoms with Gasteiger partial charge in [0.15, 0.2) is 0 Å². The van der Waals surface area contributed by atoms with Gasteiger partial charge in [-0.3, -0.25) is 4.79 Å². The van der Waals surface area contributed by atoms with E-state index < -0.39 is 0 Å². The number of nitrogens with zero attached hydrogens (tertiary/aromatic N) is 1. The lowest BCUT2D eigenvalue weighted by Crippen LogP contribution is -2.35. The molecule has 0 saturated heterocycles. The summed E-state index contributed by atoms with van der Waals surface area (Å²) in [5.41, 5.74) is 3.08. The largest absolute Gasteiger partial charge is 0.481 e. The van der Waals surface area contributed by atoms with E-state index in [1.54, 1.807) is 4.90 Å². The molecule has 1 aromatic rings. The molecule has 1 heterocycles. The van der Waals surface area contributed by atoms with Gasteiger partial charge in [-0.2, -0.15) is 0 Å². The number of aryl methyl sites for hydroxylation is 1. The predicted molar refractivity (Wildman–Crippen MR) is 88.7 cm³/mol. The average Bonchev–Trinajstić information content (AvgIpc) is 2.44. The Morgan fingerprint density at radius 2 is 2.30 bits per heavy atom. The third kappa shape index (κ3) is 2.98. The number of benzene rings is 1. The molecule has 0 radical (unpaired) electrons. The Bertz CT molecular complexity index is 601. The van der Waals surface area contributed by atoms with Crippen molar-refractivity contribution >= 4 is 34.2 Å². The first-order valence-electron chi connectivity index (χ1n) is 6.33. The number of hydrogen-bond donors (Lipinski definition) is 0. The maximum atomic E-state index is 12.1. The summed E-state index contributed by atoms with van der Waals surface area (Å²) < 4.78 is 5.43. The Morgan fingerprint density at radius 1 is 1.55 bits per heavy atom. The maximum Gasteiger partial charge on any atom is 0.240 e. The molecule has 0 spiro atoms. The third-order valence-electron chi connectivity index (χ3n) is 3.27. The van der Waals surface area contributed by atoms with Crippen LogP contribution in [0.5, 0.6) is 5.75 Å². The number of halogens is 1. The highest BCUT2D eigenvalue weighted by molar-refractivity contribution is 14.1. The Labute approximate surface area is 133 Å². The van der Waals surface area contributed by atoms with E-state index in [0.29, 0.717) is 0 Å². The fourth-order valence-electron chi connectivity index (χ4n) is 2.21. The van der Waals surface area contributed by atoms with Gasteiger partial charge in [-0.25, -0.2) is 0 Å². The SMILES string of the molecule is C#CCOc1ccc(C2=CCC(I)C(=O)N2C)c(C)c1. The molecule has 1 unspecified atom stereocenters. The molecule has 0 bridgehead atoms. The van der Waals surface area contributed by atoms with Crippen molar-refractivity contribution in [2.45, 2.75) is 17.3 Å². The first-order valence-corrected chi connectivity index (χ1v) is 7.58. The fourth-order valence-corrected chi connectivity index (χ4v) is 2.88. The van der Waals surface area contributed by atoms with Crippen molar-refractivity contribution in [1.82, 2.24) is 4.90 Å². The van der Waals surface area contributed by atoms with Gasteiger partial charge in [-0.15, -0.1) is 6.42 Å². The van der Waals surface area contributed by atoms with E-state index in [4.69, 9.17) is 11.2 Å². The van der Waals surface area contributed by atoms with E-state index in [1.807, 2.05) is 32.2 Å². The van der Waals surface area contributed by atoms with Crippen LogP contribution in [0.4, 0.5) is 0 Å². The van der Waals surface area contributed by atoms with Gasteiger partial charge in [0.25, 0.3) is 0 Å². The van der Waals surface area contributed by atoms with Crippen molar-refractivity contribution in [2.24, 2.45) is 0 Å². The van der Waals surface area contributed by atoms with Gasteiger partial charge in [-0.1, -0.05) is 34.6 Å². The smallest absolute Gasteiger partial charge is 0.240 e. The van der Waals surface area contributed by atoms with Crippen molar-refractivity contribution in [1.29, 1.82) is 0 Å². The lowest BCUT2D eigenvalue weighted by molar-refractivity contribution is -0.126. The van der Waals surface area contributed by atoms with E-state index in [2.05, 4.69) is 34.6 Å². The minimum Gasteiger partial charge on any atom is -0.481 e. The van der Waals surface area contributed by atoms with Crippen LogP contribution < -0.4 is 4.74 Å². The summed E-state index contributed by atoms with van der Waals surface area (Å²) >= 11 is 2.18. The molecule has 104 valence electrons. The fraction of sp³-hybridized carbons (Fsp3) is 0.312. The molecule has 0 aromatic heterocycles. The summed E-state index contributed by atoms with van der Waals surface area (Å²) in [6.07, 6.45) is 8.06. The first kappa shape index (κ1) is 14.9. The van der Waals surface area contributed by atoms with E-state index in [1.165, 1.54) is 0 Å². The highest BCUT2D eigenvalue weighted by Gasteiger charge is 2.26. The lowest BCUT2D eigenvalue weighted by atomic mass is 10.0. The maximum absolute atomic E-state index is 12.1. The van der Waals surface area contributed by atoms with Crippen LogP contribution >= 0.6 is 22.6 Å². The zero-order valence-electron chi connectivity index (χ0n) is 11.5. The molecule has 20 heavy (non-hydrogen) atoms. The molecule has 4 heteroatoms. The van der Waals surface area contributed by atoms with Gasteiger partial charge in [-0.05, 0) is 37.1 Å². The minimum atomic E-state index is 0.0277. The first-order chi connectivity index (χ1) is 9.54. The van der Waals surface area contributed by atoms with Crippen LogP contribution in [-0.2, 0) is 4.79 Å². The number of amides is 1. The van der Waals surface area contributed by atoms with Crippen molar-refractivity contribution in [3.05, 3.63) is 35.4 Å². The number of hydrogen-bond acceptors (Lipinski definition) is 2. The Hall–Kier alpha value is -1.48. The van der Waals surface area contributed by atoms with E-state index in [-0.39, 0.29) is 16.4 Å². The molecule has 1 aliphatic heterocycles. The number of ether oxygens (including phenoxy) is 1. The van der Waals surface area contributed by atoms with E-state index >= 15 is 0 Å². The molecule has 3 nitrogen and oxygen atoms in total. The molecule has 0 aliphatic carbocycles. The number of alkyl halides is 1. The number of rotatable bonds is 3. The molecule has 1 aromatic carbocycles. The molecule has 1 amide bonds. The van der Waals surface area contributed by atoms with E-state index in [9.17, 15) is 4.79 Å². The normalized spacial score (nSPS) is 18.5. The quantitative estimate of drug-likeness (QED) is 0.458. The Kier molecular flexibility index (Phi) is 4.71.